The van der Waals surface area contributed by atoms with Crippen molar-refractivity contribution < 1.29 is 14.3 Å². The number of carbonyl (C=O) groups excluding carboxylic acids is 2. The Kier molecular flexibility index (Phi) is 5.04. The molecular weight excluding hydrogens is 254 g/mol. The zero-order valence-electron chi connectivity index (χ0n) is 12.0. The van der Waals surface area contributed by atoms with Gasteiger partial charge in [0.15, 0.2) is 0 Å². The van der Waals surface area contributed by atoms with Crippen LogP contribution >= 0.6 is 0 Å². The van der Waals surface area contributed by atoms with Gasteiger partial charge in [-0.05, 0) is 18.7 Å². The molecule has 20 heavy (non-hydrogen) atoms. The highest BCUT2D eigenvalue weighted by Gasteiger charge is 2.39. The molecule has 0 saturated carbocycles. The smallest absolute Gasteiger partial charge is 0.224 e. The number of hydrogen-bond acceptors (Lipinski definition) is 4. The highest BCUT2D eigenvalue weighted by molar-refractivity contribution is 6.39. The molecule has 4 heteroatoms. The minimum Gasteiger partial charge on any atom is -0.364 e. The van der Waals surface area contributed by atoms with Crippen molar-refractivity contribution in [2.45, 2.75) is 20.0 Å². The molecule has 1 aliphatic rings. The summed E-state index contributed by atoms with van der Waals surface area (Å²) in [7, 11) is 0. The molecule has 0 aliphatic carbocycles. The molecule has 0 radical (unpaired) electrons. The molecule has 0 N–H and O–H groups in total. The number of carbonyl (C=O) groups is 2. The van der Waals surface area contributed by atoms with Gasteiger partial charge in [-0.1, -0.05) is 44.2 Å². The summed E-state index contributed by atoms with van der Waals surface area (Å²) in [5.74, 6) is -1.11. The van der Waals surface area contributed by atoms with Gasteiger partial charge in [0.1, 0.15) is 6.61 Å². The standard InChI is InChI=1S/C16H21NO3/c1-3-17(4-2)10-13-15(19)14(18)11-20-16(13)12-8-6-5-7-9-12/h5-9,13,16H,3-4,10-11H2,1-2H3. The lowest BCUT2D eigenvalue weighted by molar-refractivity contribution is -0.154. The summed E-state index contributed by atoms with van der Waals surface area (Å²) >= 11 is 0. The Labute approximate surface area is 119 Å². The Balaban J connectivity index is 2.24. The maximum Gasteiger partial charge on any atom is 0.224 e. The summed E-state index contributed by atoms with van der Waals surface area (Å²) in [6.45, 7) is 6.28. The second kappa shape index (κ2) is 6.77. The van der Waals surface area contributed by atoms with Gasteiger partial charge in [-0.15, -0.1) is 0 Å². The second-order valence-corrected chi connectivity index (χ2v) is 5.02. The summed E-state index contributed by atoms with van der Waals surface area (Å²) in [6, 6.07) is 9.67. The number of benzene rings is 1. The molecular formula is C16H21NO3. The first-order chi connectivity index (χ1) is 9.67. The zero-order valence-corrected chi connectivity index (χ0v) is 12.0. The molecule has 1 aliphatic heterocycles. The summed E-state index contributed by atoms with van der Waals surface area (Å²) in [5, 5.41) is 0. The number of hydrogen-bond donors (Lipinski definition) is 0. The molecule has 0 amide bonds. The summed E-state index contributed by atoms with van der Waals surface area (Å²) < 4.78 is 5.65. The van der Waals surface area contributed by atoms with Crippen LogP contribution in [0.2, 0.25) is 0 Å². The van der Waals surface area contributed by atoms with Crippen LogP contribution in [-0.2, 0) is 14.3 Å². The van der Waals surface area contributed by atoms with Crippen molar-refractivity contribution in [3.8, 4) is 0 Å². The van der Waals surface area contributed by atoms with E-state index >= 15 is 0 Å². The summed E-state index contributed by atoms with van der Waals surface area (Å²) in [5.41, 5.74) is 0.963. The van der Waals surface area contributed by atoms with Crippen molar-refractivity contribution in [1.29, 1.82) is 0 Å². The topological polar surface area (TPSA) is 46.6 Å². The third kappa shape index (κ3) is 3.14. The van der Waals surface area contributed by atoms with Crippen molar-refractivity contribution >= 4 is 11.6 Å². The van der Waals surface area contributed by atoms with Crippen molar-refractivity contribution in [3.05, 3.63) is 35.9 Å². The number of rotatable bonds is 5. The molecule has 1 saturated heterocycles. The van der Waals surface area contributed by atoms with Crippen molar-refractivity contribution in [2.24, 2.45) is 5.92 Å². The molecule has 1 aromatic rings. The van der Waals surface area contributed by atoms with E-state index in [2.05, 4.69) is 18.7 Å². The molecule has 0 aromatic heterocycles. The minimum atomic E-state index is -0.408. The molecule has 1 aromatic carbocycles. The van der Waals surface area contributed by atoms with Gasteiger partial charge in [0.2, 0.25) is 11.6 Å². The molecule has 1 heterocycles. The van der Waals surface area contributed by atoms with Crippen LogP contribution in [0.4, 0.5) is 0 Å². The van der Waals surface area contributed by atoms with Gasteiger partial charge in [0.25, 0.3) is 0 Å². The van der Waals surface area contributed by atoms with E-state index < -0.39 is 11.7 Å². The van der Waals surface area contributed by atoms with Gasteiger partial charge in [-0.3, -0.25) is 9.59 Å². The Morgan fingerprint density at radius 1 is 1.15 bits per heavy atom. The fourth-order valence-electron chi connectivity index (χ4n) is 2.61. The molecule has 0 bridgehead atoms. The first-order valence-electron chi connectivity index (χ1n) is 7.13. The van der Waals surface area contributed by atoms with Crippen molar-refractivity contribution in [2.75, 3.05) is 26.2 Å². The number of ketones is 2. The van der Waals surface area contributed by atoms with E-state index in [4.69, 9.17) is 4.74 Å². The number of Topliss-reactive ketones (excluding diaryl/α,β-unsaturated/α-hetero) is 2. The molecule has 108 valence electrons. The predicted molar refractivity (Wildman–Crippen MR) is 76.4 cm³/mol. The zero-order chi connectivity index (χ0) is 14.5. The number of ether oxygens (including phenoxy) is 1. The Bertz CT molecular complexity index is 468. The van der Waals surface area contributed by atoms with Crippen LogP contribution in [0.1, 0.15) is 25.5 Å². The van der Waals surface area contributed by atoms with Crippen LogP contribution in [0.15, 0.2) is 30.3 Å². The van der Waals surface area contributed by atoms with Crippen LogP contribution in [0, 0.1) is 5.92 Å². The normalized spacial score (nSPS) is 23.4. The highest BCUT2D eigenvalue weighted by Crippen LogP contribution is 2.31. The van der Waals surface area contributed by atoms with E-state index in [1.54, 1.807) is 0 Å². The van der Waals surface area contributed by atoms with Gasteiger partial charge in [0.05, 0.1) is 12.0 Å². The van der Waals surface area contributed by atoms with E-state index in [9.17, 15) is 9.59 Å². The van der Waals surface area contributed by atoms with Gasteiger partial charge < -0.3 is 9.64 Å². The summed E-state index contributed by atoms with van der Waals surface area (Å²) in [6.07, 6.45) is -0.318. The Morgan fingerprint density at radius 3 is 2.40 bits per heavy atom. The van der Waals surface area contributed by atoms with Crippen molar-refractivity contribution in [3.63, 3.8) is 0 Å². The predicted octanol–water partition coefficient (Wildman–Crippen LogP) is 1.85. The number of nitrogens with zero attached hydrogens (tertiary/aromatic N) is 1. The second-order valence-electron chi connectivity index (χ2n) is 5.02. The quantitative estimate of drug-likeness (QED) is 0.769. The fourth-order valence-corrected chi connectivity index (χ4v) is 2.61. The van der Waals surface area contributed by atoms with E-state index in [-0.39, 0.29) is 18.5 Å². The Morgan fingerprint density at radius 2 is 1.80 bits per heavy atom. The molecule has 2 rings (SSSR count). The molecule has 0 spiro atoms. The maximum atomic E-state index is 12.2. The van der Waals surface area contributed by atoms with Crippen molar-refractivity contribution in [1.82, 2.24) is 4.90 Å². The summed E-state index contributed by atoms with van der Waals surface area (Å²) in [4.78, 5) is 26.0. The van der Waals surface area contributed by atoms with Crippen LogP contribution in [-0.4, -0.2) is 42.7 Å². The average Bonchev–Trinajstić information content (AvgIpc) is 2.49. The van der Waals surface area contributed by atoms with E-state index in [0.29, 0.717) is 6.54 Å². The average molecular weight is 275 g/mol. The van der Waals surface area contributed by atoms with E-state index in [1.165, 1.54) is 0 Å². The van der Waals surface area contributed by atoms with Crippen LogP contribution in [0.3, 0.4) is 0 Å². The molecule has 4 nitrogen and oxygen atoms in total. The lowest BCUT2D eigenvalue weighted by atomic mass is 9.87. The third-order valence-electron chi connectivity index (χ3n) is 3.85. The molecule has 2 unspecified atom stereocenters. The van der Waals surface area contributed by atoms with Crippen LogP contribution in [0.25, 0.3) is 0 Å². The lowest BCUT2D eigenvalue weighted by Crippen LogP contribution is -2.44. The maximum absolute atomic E-state index is 12.2. The van der Waals surface area contributed by atoms with Crippen LogP contribution < -0.4 is 0 Å². The first kappa shape index (κ1) is 14.9. The molecule has 1 fully saturated rings. The lowest BCUT2D eigenvalue weighted by Gasteiger charge is -2.33. The van der Waals surface area contributed by atoms with Gasteiger partial charge >= 0.3 is 0 Å². The van der Waals surface area contributed by atoms with Gasteiger partial charge in [-0.2, -0.15) is 0 Å². The SMILES string of the molecule is CCN(CC)CC1C(=O)C(=O)COC1c1ccccc1. The fraction of sp³-hybridized carbons (Fsp3) is 0.500. The third-order valence-corrected chi connectivity index (χ3v) is 3.85. The highest BCUT2D eigenvalue weighted by atomic mass is 16.5. The Hall–Kier alpha value is -1.52. The first-order valence-corrected chi connectivity index (χ1v) is 7.13. The molecule has 2 atom stereocenters. The monoisotopic (exact) mass is 275 g/mol. The van der Waals surface area contributed by atoms with E-state index in [0.717, 1.165) is 18.7 Å². The van der Waals surface area contributed by atoms with Gasteiger partial charge in [0, 0.05) is 6.54 Å². The van der Waals surface area contributed by atoms with Crippen LogP contribution in [0.5, 0.6) is 0 Å². The minimum absolute atomic E-state index is 0.104. The van der Waals surface area contributed by atoms with E-state index in [1.807, 2.05) is 30.3 Å². The van der Waals surface area contributed by atoms with Gasteiger partial charge in [-0.25, -0.2) is 0 Å². The largest absolute Gasteiger partial charge is 0.364 e.